The number of halogens is 1. The molecule has 3 rings (SSSR count). The average Bonchev–Trinajstić information content (AvgIpc) is 3.14. The molecule has 0 radical (unpaired) electrons. The van der Waals surface area contributed by atoms with Crippen molar-refractivity contribution < 1.29 is 13.9 Å². The van der Waals surface area contributed by atoms with E-state index >= 15 is 0 Å². The van der Waals surface area contributed by atoms with Gasteiger partial charge in [0.2, 0.25) is 5.91 Å². The normalized spacial score (nSPS) is 18.8. The Morgan fingerprint density at radius 3 is 2.92 bits per heavy atom. The maximum absolute atomic E-state index is 12.9. The monoisotopic (exact) mass is 346 g/mol. The number of hydrogen-bond donors (Lipinski definition) is 0. The molecule has 0 bridgehead atoms. The first kappa shape index (κ1) is 17.4. The van der Waals surface area contributed by atoms with Crippen molar-refractivity contribution in [1.29, 1.82) is 0 Å². The zero-order chi connectivity index (χ0) is 17.6. The summed E-state index contributed by atoms with van der Waals surface area (Å²) in [4.78, 5) is 18.5. The zero-order valence-corrected chi connectivity index (χ0v) is 14.3. The summed E-state index contributed by atoms with van der Waals surface area (Å²) < 4.78 is 20.4. The van der Waals surface area contributed by atoms with Crippen molar-refractivity contribution in [2.45, 2.75) is 26.3 Å². The van der Waals surface area contributed by atoms with Crippen LogP contribution in [0.2, 0.25) is 0 Å². The Bertz CT molecular complexity index is 675. The summed E-state index contributed by atoms with van der Waals surface area (Å²) >= 11 is 0. The third kappa shape index (κ3) is 4.78. The van der Waals surface area contributed by atoms with Crippen molar-refractivity contribution in [3.63, 3.8) is 0 Å². The Balaban J connectivity index is 1.49. The SMILES string of the molecule is C[C@H](Cn1cncn1)C(=O)N1CCC[C@@H](COc2ccc(F)cc2)C1. The van der Waals surface area contributed by atoms with E-state index in [1.807, 2.05) is 11.8 Å². The van der Waals surface area contributed by atoms with E-state index in [2.05, 4.69) is 10.1 Å². The van der Waals surface area contributed by atoms with Crippen molar-refractivity contribution in [2.24, 2.45) is 11.8 Å². The van der Waals surface area contributed by atoms with E-state index < -0.39 is 0 Å². The highest BCUT2D eigenvalue weighted by molar-refractivity contribution is 5.78. The maximum atomic E-state index is 12.9. The third-order valence-electron chi connectivity index (χ3n) is 4.48. The molecule has 2 heterocycles. The minimum absolute atomic E-state index is 0.140. The molecule has 2 atom stereocenters. The lowest BCUT2D eigenvalue weighted by molar-refractivity contribution is -0.137. The molecule has 6 nitrogen and oxygen atoms in total. The van der Waals surface area contributed by atoms with Crippen LogP contribution in [0.5, 0.6) is 5.75 Å². The van der Waals surface area contributed by atoms with E-state index in [4.69, 9.17) is 4.74 Å². The highest BCUT2D eigenvalue weighted by Gasteiger charge is 2.27. The molecule has 0 unspecified atom stereocenters. The number of aromatic nitrogens is 3. The molecule has 1 amide bonds. The second-order valence-electron chi connectivity index (χ2n) is 6.58. The predicted octanol–water partition coefficient (Wildman–Crippen LogP) is 2.37. The fourth-order valence-corrected chi connectivity index (χ4v) is 3.14. The van der Waals surface area contributed by atoms with E-state index in [1.165, 1.54) is 18.5 Å². The van der Waals surface area contributed by atoms with Gasteiger partial charge in [-0.15, -0.1) is 0 Å². The summed E-state index contributed by atoms with van der Waals surface area (Å²) in [5.74, 6) is 0.675. The highest BCUT2D eigenvalue weighted by atomic mass is 19.1. The predicted molar refractivity (Wildman–Crippen MR) is 90.4 cm³/mol. The van der Waals surface area contributed by atoms with Gasteiger partial charge < -0.3 is 9.64 Å². The van der Waals surface area contributed by atoms with E-state index in [1.54, 1.807) is 23.1 Å². The van der Waals surface area contributed by atoms with Gasteiger partial charge in [0.1, 0.15) is 24.2 Å². The molecule has 1 aliphatic heterocycles. The van der Waals surface area contributed by atoms with Crippen LogP contribution in [-0.4, -0.2) is 45.3 Å². The topological polar surface area (TPSA) is 60.2 Å². The second kappa shape index (κ2) is 8.09. The number of piperidine rings is 1. The summed E-state index contributed by atoms with van der Waals surface area (Å²) in [5, 5.41) is 4.06. The number of likely N-dealkylation sites (tertiary alicyclic amines) is 1. The highest BCUT2D eigenvalue weighted by Crippen LogP contribution is 2.21. The Morgan fingerprint density at radius 1 is 1.40 bits per heavy atom. The molecule has 0 aliphatic carbocycles. The fraction of sp³-hybridized carbons (Fsp3) is 0.500. The first-order valence-corrected chi connectivity index (χ1v) is 8.61. The lowest BCUT2D eigenvalue weighted by atomic mass is 9.97. The van der Waals surface area contributed by atoms with E-state index in [-0.39, 0.29) is 17.6 Å². The summed E-state index contributed by atoms with van der Waals surface area (Å²) in [6.07, 6.45) is 5.10. The quantitative estimate of drug-likeness (QED) is 0.806. The summed E-state index contributed by atoms with van der Waals surface area (Å²) in [6, 6.07) is 6.03. The molecular formula is C18H23FN4O2. The molecule has 1 saturated heterocycles. The number of carbonyl (C=O) groups is 1. The minimum Gasteiger partial charge on any atom is -0.493 e. The number of benzene rings is 1. The van der Waals surface area contributed by atoms with Crippen LogP contribution in [0.15, 0.2) is 36.9 Å². The van der Waals surface area contributed by atoms with Gasteiger partial charge in [-0.05, 0) is 37.1 Å². The number of nitrogens with zero attached hydrogens (tertiary/aromatic N) is 4. The van der Waals surface area contributed by atoms with Gasteiger partial charge in [-0.1, -0.05) is 6.92 Å². The van der Waals surface area contributed by atoms with Crippen LogP contribution < -0.4 is 4.74 Å². The number of ether oxygens (including phenoxy) is 1. The van der Waals surface area contributed by atoms with Crippen LogP contribution in [-0.2, 0) is 11.3 Å². The Hall–Kier alpha value is -2.44. The van der Waals surface area contributed by atoms with Crippen LogP contribution >= 0.6 is 0 Å². The maximum Gasteiger partial charge on any atom is 0.227 e. The van der Waals surface area contributed by atoms with E-state index in [0.29, 0.717) is 31.4 Å². The molecule has 1 aromatic heterocycles. The lowest BCUT2D eigenvalue weighted by Gasteiger charge is -2.34. The van der Waals surface area contributed by atoms with Crippen LogP contribution in [0.1, 0.15) is 19.8 Å². The standard InChI is InChI=1S/C18H23FN4O2/c1-14(9-23-13-20-12-21-23)18(24)22-8-2-3-15(10-22)11-25-17-6-4-16(19)5-7-17/h4-7,12-15H,2-3,8-11H2,1H3/t14-,15-/m1/s1. The van der Waals surface area contributed by atoms with Crippen molar-refractivity contribution in [3.05, 3.63) is 42.7 Å². The van der Waals surface area contributed by atoms with Crippen molar-refractivity contribution >= 4 is 5.91 Å². The largest absolute Gasteiger partial charge is 0.493 e. The second-order valence-corrected chi connectivity index (χ2v) is 6.58. The van der Waals surface area contributed by atoms with Gasteiger partial charge in [-0.3, -0.25) is 9.48 Å². The molecular weight excluding hydrogens is 323 g/mol. The van der Waals surface area contributed by atoms with Crippen molar-refractivity contribution in [1.82, 2.24) is 19.7 Å². The number of amides is 1. The van der Waals surface area contributed by atoms with E-state index in [9.17, 15) is 9.18 Å². The van der Waals surface area contributed by atoms with Gasteiger partial charge in [-0.2, -0.15) is 5.10 Å². The van der Waals surface area contributed by atoms with Crippen LogP contribution in [0.25, 0.3) is 0 Å². The zero-order valence-electron chi connectivity index (χ0n) is 14.3. The fourth-order valence-electron chi connectivity index (χ4n) is 3.14. The minimum atomic E-state index is -0.275. The molecule has 0 N–H and O–H groups in total. The van der Waals surface area contributed by atoms with E-state index in [0.717, 1.165) is 19.4 Å². The van der Waals surface area contributed by atoms with Gasteiger partial charge in [-0.25, -0.2) is 9.37 Å². The van der Waals surface area contributed by atoms with Crippen LogP contribution in [0.4, 0.5) is 4.39 Å². The molecule has 2 aromatic rings. The smallest absolute Gasteiger partial charge is 0.227 e. The lowest BCUT2D eigenvalue weighted by Crippen LogP contribution is -2.44. The molecule has 1 aromatic carbocycles. The summed E-state index contributed by atoms with van der Waals surface area (Å²) in [5.41, 5.74) is 0. The number of carbonyl (C=O) groups excluding carboxylic acids is 1. The Morgan fingerprint density at radius 2 is 2.20 bits per heavy atom. The summed E-state index contributed by atoms with van der Waals surface area (Å²) in [6.45, 7) is 4.47. The first-order valence-electron chi connectivity index (χ1n) is 8.61. The number of hydrogen-bond acceptors (Lipinski definition) is 4. The van der Waals surface area contributed by atoms with Gasteiger partial charge in [0.05, 0.1) is 19.1 Å². The van der Waals surface area contributed by atoms with Gasteiger partial charge in [0, 0.05) is 19.0 Å². The Labute approximate surface area is 146 Å². The van der Waals surface area contributed by atoms with Gasteiger partial charge in [0.15, 0.2) is 0 Å². The van der Waals surface area contributed by atoms with Crippen molar-refractivity contribution in [2.75, 3.05) is 19.7 Å². The summed E-state index contributed by atoms with van der Waals surface area (Å²) in [7, 11) is 0. The van der Waals surface area contributed by atoms with Crippen LogP contribution in [0, 0.1) is 17.7 Å². The molecule has 0 saturated carbocycles. The van der Waals surface area contributed by atoms with Crippen molar-refractivity contribution in [3.8, 4) is 5.75 Å². The molecule has 1 fully saturated rings. The Kier molecular flexibility index (Phi) is 5.63. The first-order chi connectivity index (χ1) is 12.1. The van der Waals surface area contributed by atoms with Crippen LogP contribution in [0.3, 0.4) is 0 Å². The third-order valence-corrected chi connectivity index (χ3v) is 4.48. The van der Waals surface area contributed by atoms with Gasteiger partial charge in [0.25, 0.3) is 0 Å². The van der Waals surface area contributed by atoms with Gasteiger partial charge >= 0.3 is 0 Å². The molecule has 1 aliphatic rings. The molecule has 7 heteroatoms. The molecule has 134 valence electrons. The number of rotatable bonds is 6. The molecule has 25 heavy (non-hydrogen) atoms. The molecule has 0 spiro atoms. The average molecular weight is 346 g/mol.